The Hall–Kier alpha value is -1.76. The Morgan fingerprint density at radius 2 is 1.40 bits per heavy atom. The summed E-state index contributed by atoms with van der Waals surface area (Å²) in [4.78, 5) is 0. The molecule has 1 nitrogen and oxygen atoms in total. The molecule has 0 aliphatic rings. The largest absolute Gasteiger partial charge is 0.508 e. The van der Waals surface area contributed by atoms with Crippen molar-refractivity contribution in [1.82, 2.24) is 0 Å². The van der Waals surface area contributed by atoms with Crippen molar-refractivity contribution in [2.75, 3.05) is 0 Å². The molecule has 0 atom stereocenters. The fourth-order valence-corrected chi connectivity index (χ4v) is 2.79. The molecule has 0 saturated heterocycles. The molecule has 20 heavy (non-hydrogen) atoms. The third kappa shape index (κ3) is 3.41. The van der Waals surface area contributed by atoms with Crippen LogP contribution >= 0.6 is 0 Å². The average Bonchev–Trinajstić information content (AvgIpc) is 2.45. The van der Waals surface area contributed by atoms with Crippen molar-refractivity contribution in [3.8, 4) is 5.75 Å². The Morgan fingerprint density at radius 3 is 2.10 bits per heavy atom. The molecular weight excluding hydrogens is 244 g/mol. The predicted molar refractivity (Wildman–Crippen MR) is 85.3 cm³/mol. The van der Waals surface area contributed by atoms with E-state index in [-0.39, 0.29) is 0 Å². The van der Waals surface area contributed by atoms with Gasteiger partial charge in [0, 0.05) is 6.42 Å². The summed E-state index contributed by atoms with van der Waals surface area (Å²) in [6, 6.07) is 14.3. The smallest absolute Gasteiger partial charge is 0.119 e. The highest BCUT2D eigenvalue weighted by molar-refractivity contribution is 5.42. The summed E-state index contributed by atoms with van der Waals surface area (Å²) in [5.41, 5.74) is 5.33. The van der Waals surface area contributed by atoms with Gasteiger partial charge in [0.25, 0.3) is 0 Å². The highest BCUT2D eigenvalue weighted by atomic mass is 16.3. The molecule has 0 aliphatic carbocycles. The van der Waals surface area contributed by atoms with Gasteiger partial charge in [-0.3, -0.25) is 0 Å². The van der Waals surface area contributed by atoms with Crippen LogP contribution in [0, 0.1) is 0 Å². The van der Waals surface area contributed by atoms with E-state index in [9.17, 15) is 5.11 Å². The van der Waals surface area contributed by atoms with Gasteiger partial charge < -0.3 is 5.11 Å². The second kappa shape index (κ2) is 7.14. The van der Waals surface area contributed by atoms with E-state index < -0.39 is 0 Å². The maximum atomic E-state index is 9.97. The molecule has 0 radical (unpaired) electrons. The minimum absolute atomic E-state index is 0.399. The first-order valence-electron chi connectivity index (χ1n) is 7.62. The van der Waals surface area contributed by atoms with Crippen LogP contribution in [0.1, 0.15) is 48.9 Å². The van der Waals surface area contributed by atoms with E-state index in [2.05, 4.69) is 32.0 Å². The molecule has 1 heteroatoms. The summed E-state index contributed by atoms with van der Waals surface area (Å²) in [6.45, 7) is 4.46. The number of aryl methyl sites for hydroxylation is 1. The Bertz CT molecular complexity index is 557. The molecule has 0 amide bonds. The summed E-state index contributed by atoms with van der Waals surface area (Å²) < 4.78 is 0. The van der Waals surface area contributed by atoms with Gasteiger partial charge >= 0.3 is 0 Å². The molecule has 1 N–H and O–H groups in total. The Kier molecular flexibility index (Phi) is 5.23. The minimum atomic E-state index is 0.399. The molecule has 0 unspecified atom stereocenters. The van der Waals surface area contributed by atoms with Gasteiger partial charge in [0.1, 0.15) is 5.75 Å². The number of phenolic OH excluding ortho intramolecular Hbond substituents is 1. The maximum absolute atomic E-state index is 9.97. The van der Waals surface area contributed by atoms with E-state index in [1.807, 2.05) is 18.2 Å². The first-order valence-corrected chi connectivity index (χ1v) is 7.62. The summed E-state index contributed by atoms with van der Waals surface area (Å²) in [6.07, 6.45) is 5.42. The van der Waals surface area contributed by atoms with E-state index in [4.69, 9.17) is 0 Å². The number of para-hydroxylation sites is 1. The molecule has 0 bridgehead atoms. The zero-order valence-corrected chi connectivity index (χ0v) is 12.5. The van der Waals surface area contributed by atoms with Crippen molar-refractivity contribution < 1.29 is 5.11 Å². The van der Waals surface area contributed by atoms with Crippen LogP contribution in [0.3, 0.4) is 0 Å². The summed E-state index contributed by atoms with van der Waals surface area (Å²) >= 11 is 0. The van der Waals surface area contributed by atoms with E-state index in [1.165, 1.54) is 23.1 Å². The third-order valence-corrected chi connectivity index (χ3v) is 3.76. The normalized spacial score (nSPS) is 10.7. The number of aromatic hydroxyl groups is 1. The fraction of sp³-hybridized carbons (Fsp3) is 0.368. The minimum Gasteiger partial charge on any atom is -0.508 e. The van der Waals surface area contributed by atoms with Crippen molar-refractivity contribution in [2.24, 2.45) is 0 Å². The van der Waals surface area contributed by atoms with E-state index in [1.54, 1.807) is 6.07 Å². The van der Waals surface area contributed by atoms with Gasteiger partial charge in [-0.05, 0) is 41.2 Å². The van der Waals surface area contributed by atoms with Gasteiger partial charge in [-0.15, -0.1) is 0 Å². The topological polar surface area (TPSA) is 20.2 Å². The van der Waals surface area contributed by atoms with E-state index >= 15 is 0 Å². The third-order valence-electron chi connectivity index (χ3n) is 3.76. The lowest BCUT2D eigenvalue weighted by atomic mass is 9.91. The van der Waals surface area contributed by atoms with Crippen LogP contribution in [0.2, 0.25) is 0 Å². The first kappa shape index (κ1) is 14.6. The van der Waals surface area contributed by atoms with Crippen molar-refractivity contribution in [2.45, 2.75) is 46.0 Å². The lowest BCUT2D eigenvalue weighted by Gasteiger charge is -2.15. The molecular formula is C19H24O. The van der Waals surface area contributed by atoms with Gasteiger partial charge in [0.05, 0.1) is 0 Å². The highest BCUT2D eigenvalue weighted by Gasteiger charge is 2.09. The average molecular weight is 268 g/mol. The van der Waals surface area contributed by atoms with E-state index in [0.29, 0.717) is 5.75 Å². The van der Waals surface area contributed by atoms with Crippen LogP contribution in [0.15, 0.2) is 42.5 Å². The molecule has 106 valence electrons. The van der Waals surface area contributed by atoms with E-state index in [0.717, 1.165) is 31.2 Å². The molecule has 0 fully saturated rings. The highest BCUT2D eigenvalue weighted by Crippen LogP contribution is 2.25. The van der Waals surface area contributed by atoms with Gasteiger partial charge in [-0.1, -0.05) is 63.1 Å². The lowest BCUT2D eigenvalue weighted by molar-refractivity contribution is 0.469. The molecule has 0 aromatic heterocycles. The SMILES string of the molecule is CCCc1cccc(Cc2ccccc2O)c1CCC. The quantitative estimate of drug-likeness (QED) is 0.791. The molecule has 0 saturated carbocycles. The van der Waals surface area contributed by atoms with Gasteiger partial charge in [0.2, 0.25) is 0 Å². The summed E-state index contributed by atoms with van der Waals surface area (Å²) in [7, 11) is 0. The molecule has 2 aromatic rings. The van der Waals surface area contributed by atoms with Crippen molar-refractivity contribution in [3.05, 3.63) is 64.7 Å². The summed E-state index contributed by atoms with van der Waals surface area (Å²) in [5, 5.41) is 9.97. The Labute approximate surface area is 122 Å². The number of benzene rings is 2. The van der Waals surface area contributed by atoms with Crippen LogP contribution in [0.25, 0.3) is 0 Å². The summed E-state index contributed by atoms with van der Waals surface area (Å²) in [5.74, 6) is 0.399. The van der Waals surface area contributed by atoms with Crippen LogP contribution in [0.5, 0.6) is 5.75 Å². The monoisotopic (exact) mass is 268 g/mol. The molecule has 2 aromatic carbocycles. The molecule has 0 spiro atoms. The zero-order valence-electron chi connectivity index (χ0n) is 12.5. The number of hydrogen-bond donors (Lipinski definition) is 1. The zero-order chi connectivity index (χ0) is 14.4. The number of phenols is 1. The molecule has 0 aliphatic heterocycles. The van der Waals surface area contributed by atoms with Crippen molar-refractivity contribution in [3.63, 3.8) is 0 Å². The van der Waals surface area contributed by atoms with Crippen molar-refractivity contribution >= 4 is 0 Å². The van der Waals surface area contributed by atoms with Crippen LogP contribution in [-0.2, 0) is 19.3 Å². The number of hydrogen-bond acceptors (Lipinski definition) is 1. The molecule has 0 heterocycles. The second-order valence-electron chi connectivity index (χ2n) is 5.36. The molecule has 2 rings (SSSR count). The van der Waals surface area contributed by atoms with Crippen molar-refractivity contribution in [1.29, 1.82) is 0 Å². The van der Waals surface area contributed by atoms with Crippen LogP contribution < -0.4 is 0 Å². The first-order chi connectivity index (χ1) is 9.76. The van der Waals surface area contributed by atoms with Gasteiger partial charge in [-0.2, -0.15) is 0 Å². The fourth-order valence-electron chi connectivity index (χ4n) is 2.79. The van der Waals surface area contributed by atoms with Crippen LogP contribution in [-0.4, -0.2) is 5.11 Å². The standard InChI is InChI=1S/C19H24O/c1-3-8-15-11-7-12-16(18(15)9-4-2)14-17-10-5-6-13-19(17)20/h5-7,10-13,20H,3-4,8-9,14H2,1-2H3. The van der Waals surface area contributed by atoms with Crippen LogP contribution in [0.4, 0.5) is 0 Å². The maximum Gasteiger partial charge on any atom is 0.119 e. The Morgan fingerprint density at radius 1 is 0.750 bits per heavy atom. The lowest BCUT2D eigenvalue weighted by Crippen LogP contribution is -2.01. The van der Waals surface area contributed by atoms with Gasteiger partial charge in [0.15, 0.2) is 0 Å². The van der Waals surface area contributed by atoms with Gasteiger partial charge in [-0.25, -0.2) is 0 Å². The predicted octanol–water partition coefficient (Wildman–Crippen LogP) is 4.89. The Balaban J connectivity index is 2.35. The second-order valence-corrected chi connectivity index (χ2v) is 5.36. The number of rotatable bonds is 6.